The lowest BCUT2D eigenvalue weighted by Gasteiger charge is -2.14. The zero-order valence-electron chi connectivity index (χ0n) is 12.8. The molecule has 0 aromatic heterocycles. The van der Waals surface area contributed by atoms with Crippen molar-refractivity contribution in [1.82, 2.24) is 5.32 Å². The fourth-order valence-corrected chi connectivity index (χ4v) is 2.48. The Morgan fingerprint density at radius 2 is 1.76 bits per heavy atom. The topological polar surface area (TPSA) is 21.3 Å². The summed E-state index contributed by atoms with van der Waals surface area (Å²) in [4.78, 5) is 0. The smallest absolute Gasteiger partial charge is 0.138 e. The summed E-state index contributed by atoms with van der Waals surface area (Å²) in [6.07, 6.45) is 1.15. The monoisotopic (exact) mass is 303 g/mol. The molecule has 1 atom stereocenters. The SMILES string of the molecule is CCCNC(C)c1ccc(-c2ccc(Cl)c(OC)c2)cc1. The fraction of sp³-hybridized carbons (Fsp3) is 0.333. The Labute approximate surface area is 132 Å². The van der Waals surface area contributed by atoms with E-state index >= 15 is 0 Å². The van der Waals surface area contributed by atoms with Gasteiger partial charge in [-0.3, -0.25) is 0 Å². The van der Waals surface area contributed by atoms with Crippen LogP contribution in [0.25, 0.3) is 11.1 Å². The Kier molecular flexibility index (Phi) is 5.66. The second-order valence-electron chi connectivity index (χ2n) is 5.15. The summed E-state index contributed by atoms with van der Waals surface area (Å²) in [6, 6.07) is 14.8. The maximum absolute atomic E-state index is 6.07. The van der Waals surface area contributed by atoms with Crippen LogP contribution in [0.4, 0.5) is 0 Å². The molecule has 1 unspecified atom stereocenters. The molecule has 0 aliphatic rings. The standard InChI is InChI=1S/C18H22ClNO/c1-4-11-20-13(2)14-5-7-15(8-6-14)16-9-10-17(19)18(12-16)21-3/h5-10,12-13,20H,4,11H2,1-3H3. The molecular formula is C18H22ClNO. The van der Waals surface area contributed by atoms with Crippen LogP contribution in [0, 0.1) is 0 Å². The number of halogens is 1. The first kappa shape index (κ1) is 15.9. The van der Waals surface area contributed by atoms with E-state index in [-0.39, 0.29) is 0 Å². The largest absolute Gasteiger partial charge is 0.495 e. The maximum atomic E-state index is 6.07. The average Bonchev–Trinajstić information content (AvgIpc) is 2.53. The number of methoxy groups -OCH3 is 1. The highest BCUT2D eigenvalue weighted by atomic mass is 35.5. The van der Waals surface area contributed by atoms with Gasteiger partial charge in [-0.25, -0.2) is 0 Å². The summed E-state index contributed by atoms with van der Waals surface area (Å²) in [5.41, 5.74) is 3.57. The summed E-state index contributed by atoms with van der Waals surface area (Å²) in [6.45, 7) is 5.41. The number of hydrogen-bond acceptors (Lipinski definition) is 2. The third kappa shape index (κ3) is 3.99. The molecule has 0 aliphatic carbocycles. The van der Waals surface area contributed by atoms with Crippen LogP contribution in [0.3, 0.4) is 0 Å². The normalized spacial score (nSPS) is 12.2. The van der Waals surface area contributed by atoms with E-state index in [0.29, 0.717) is 16.8 Å². The molecular weight excluding hydrogens is 282 g/mol. The van der Waals surface area contributed by atoms with E-state index in [9.17, 15) is 0 Å². The van der Waals surface area contributed by atoms with Gasteiger partial charge in [-0.15, -0.1) is 0 Å². The maximum Gasteiger partial charge on any atom is 0.138 e. The lowest BCUT2D eigenvalue weighted by Crippen LogP contribution is -2.19. The number of rotatable bonds is 6. The predicted octanol–water partition coefficient (Wildman–Crippen LogP) is 5.08. The highest BCUT2D eigenvalue weighted by molar-refractivity contribution is 6.32. The van der Waals surface area contributed by atoms with E-state index < -0.39 is 0 Å². The second-order valence-corrected chi connectivity index (χ2v) is 5.55. The van der Waals surface area contributed by atoms with Crippen molar-refractivity contribution in [3.63, 3.8) is 0 Å². The van der Waals surface area contributed by atoms with E-state index in [1.807, 2.05) is 18.2 Å². The molecule has 21 heavy (non-hydrogen) atoms. The molecule has 0 aliphatic heterocycles. The molecule has 0 saturated carbocycles. The van der Waals surface area contributed by atoms with Gasteiger partial charge < -0.3 is 10.1 Å². The molecule has 0 radical (unpaired) electrons. The third-order valence-electron chi connectivity index (χ3n) is 3.60. The second kappa shape index (κ2) is 7.48. The van der Waals surface area contributed by atoms with Crippen molar-refractivity contribution in [2.75, 3.05) is 13.7 Å². The Morgan fingerprint density at radius 3 is 2.38 bits per heavy atom. The van der Waals surface area contributed by atoms with Crippen molar-refractivity contribution in [2.45, 2.75) is 26.3 Å². The van der Waals surface area contributed by atoms with Crippen LogP contribution in [0.5, 0.6) is 5.75 Å². The molecule has 1 N–H and O–H groups in total. The van der Waals surface area contributed by atoms with Gasteiger partial charge >= 0.3 is 0 Å². The van der Waals surface area contributed by atoms with Gasteiger partial charge in [0.15, 0.2) is 0 Å². The minimum Gasteiger partial charge on any atom is -0.495 e. The number of ether oxygens (including phenoxy) is 1. The quantitative estimate of drug-likeness (QED) is 0.804. The zero-order chi connectivity index (χ0) is 15.2. The summed E-state index contributed by atoms with van der Waals surface area (Å²) < 4.78 is 5.27. The number of nitrogens with one attached hydrogen (secondary N) is 1. The van der Waals surface area contributed by atoms with Crippen molar-refractivity contribution >= 4 is 11.6 Å². The van der Waals surface area contributed by atoms with Gasteiger partial charge in [-0.05, 0) is 48.7 Å². The average molecular weight is 304 g/mol. The summed E-state index contributed by atoms with van der Waals surface area (Å²) in [5.74, 6) is 0.705. The van der Waals surface area contributed by atoms with Crippen molar-refractivity contribution < 1.29 is 4.74 Å². The van der Waals surface area contributed by atoms with Gasteiger partial charge in [0.05, 0.1) is 12.1 Å². The van der Waals surface area contributed by atoms with Crippen LogP contribution in [0.1, 0.15) is 31.9 Å². The first-order chi connectivity index (χ1) is 10.2. The predicted molar refractivity (Wildman–Crippen MR) is 90.1 cm³/mol. The molecule has 0 heterocycles. The highest BCUT2D eigenvalue weighted by Gasteiger charge is 2.06. The van der Waals surface area contributed by atoms with Gasteiger partial charge in [-0.2, -0.15) is 0 Å². The van der Waals surface area contributed by atoms with Gasteiger partial charge in [0.2, 0.25) is 0 Å². The molecule has 2 aromatic carbocycles. The Hall–Kier alpha value is -1.51. The molecule has 0 amide bonds. The van der Waals surface area contributed by atoms with E-state index in [1.54, 1.807) is 7.11 Å². The van der Waals surface area contributed by atoms with Gasteiger partial charge in [0.25, 0.3) is 0 Å². The molecule has 0 spiro atoms. The molecule has 2 aromatic rings. The molecule has 2 nitrogen and oxygen atoms in total. The Bertz CT molecular complexity index is 580. The van der Waals surface area contributed by atoms with Crippen molar-refractivity contribution in [3.05, 3.63) is 53.1 Å². The lowest BCUT2D eigenvalue weighted by atomic mass is 10.0. The van der Waals surface area contributed by atoms with Crippen LogP contribution < -0.4 is 10.1 Å². The Morgan fingerprint density at radius 1 is 1.10 bits per heavy atom. The molecule has 0 fully saturated rings. The van der Waals surface area contributed by atoms with E-state index in [1.165, 1.54) is 5.56 Å². The molecule has 0 bridgehead atoms. The van der Waals surface area contributed by atoms with Gasteiger partial charge in [0, 0.05) is 6.04 Å². The Balaban J connectivity index is 2.18. The van der Waals surface area contributed by atoms with E-state index in [2.05, 4.69) is 43.4 Å². The summed E-state index contributed by atoms with van der Waals surface area (Å²) in [7, 11) is 1.63. The third-order valence-corrected chi connectivity index (χ3v) is 3.91. The molecule has 0 saturated heterocycles. The van der Waals surface area contributed by atoms with E-state index in [4.69, 9.17) is 16.3 Å². The van der Waals surface area contributed by atoms with Crippen molar-refractivity contribution in [1.29, 1.82) is 0 Å². The van der Waals surface area contributed by atoms with Crippen molar-refractivity contribution in [2.24, 2.45) is 0 Å². The first-order valence-corrected chi connectivity index (χ1v) is 7.70. The molecule has 2 rings (SSSR count). The minimum atomic E-state index is 0.374. The number of hydrogen-bond donors (Lipinski definition) is 1. The molecule has 112 valence electrons. The first-order valence-electron chi connectivity index (χ1n) is 7.33. The van der Waals surface area contributed by atoms with Gasteiger partial charge in [-0.1, -0.05) is 48.9 Å². The van der Waals surface area contributed by atoms with Crippen LogP contribution in [0.2, 0.25) is 5.02 Å². The highest BCUT2D eigenvalue weighted by Crippen LogP contribution is 2.30. The van der Waals surface area contributed by atoms with Crippen molar-refractivity contribution in [3.8, 4) is 16.9 Å². The minimum absolute atomic E-state index is 0.374. The van der Waals surface area contributed by atoms with Crippen LogP contribution >= 0.6 is 11.6 Å². The fourth-order valence-electron chi connectivity index (χ4n) is 2.28. The number of benzene rings is 2. The molecule has 3 heteroatoms. The van der Waals surface area contributed by atoms with E-state index in [0.717, 1.165) is 24.1 Å². The summed E-state index contributed by atoms with van der Waals surface area (Å²) >= 11 is 6.07. The van der Waals surface area contributed by atoms with Crippen LogP contribution in [-0.2, 0) is 0 Å². The van der Waals surface area contributed by atoms with Crippen LogP contribution in [-0.4, -0.2) is 13.7 Å². The lowest BCUT2D eigenvalue weighted by molar-refractivity contribution is 0.415. The zero-order valence-corrected chi connectivity index (χ0v) is 13.6. The summed E-state index contributed by atoms with van der Waals surface area (Å²) in [5, 5.41) is 4.13. The van der Waals surface area contributed by atoms with Crippen LogP contribution in [0.15, 0.2) is 42.5 Å². The van der Waals surface area contributed by atoms with Gasteiger partial charge in [0.1, 0.15) is 5.75 Å².